The van der Waals surface area contributed by atoms with E-state index in [4.69, 9.17) is 5.73 Å². The molecule has 0 unspecified atom stereocenters. The van der Waals surface area contributed by atoms with Crippen molar-refractivity contribution in [2.45, 2.75) is 6.42 Å². The monoisotopic (exact) mass is 273 g/mol. The highest BCUT2D eigenvalue weighted by Crippen LogP contribution is 2.04. The molecular weight excluding hydrogens is 262 g/mol. The number of hydrogen-bond acceptors (Lipinski definition) is 3. The van der Waals surface area contributed by atoms with Crippen LogP contribution in [0.4, 0.5) is 0 Å². The lowest BCUT2D eigenvalue weighted by atomic mass is 10.2. The summed E-state index contributed by atoms with van der Waals surface area (Å²) in [5.74, 6) is -0.222. The molecule has 0 aromatic carbocycles. The van der Waals surface area contributed by atoms with Gasteiger partial charge in [-0.15, -0.1) is 0 Å². The van der Waals surface area contributed by atoms with Crippen LogP contribution in [-0.4, -0.2) is 24.0 Å². The Kier molecular flexibility index (Phi) is 4.51. The Hall–Kier alpha value is -1.14. The summed E-state index contributed by atoms with van der Waals surface area (Å²) >= 11 is 3.05. The van der Waals surface area contributed by atoms with E-state index in [1.807, 2.05) is 0 Å². The lowest BCUT2D eigenvalue weighted by Gasteiger charge is -2.03. The second-order valence-corrected chi connectivity index (χ2v) is 3.82. The molecule has 0 saturated carbocycles. The summed E-state index contributed by atoms with van der Waals surface area (Å²) in [4.78, 5) is 24.9. The van der Waals surface area contributed by atoms with E-state index in [9.17, 15) is 9.59 Å². The Balaban J connectivity index is 2.66. The summed E-state index contributed by atoms with van der Waals surface area (Å²) in [5, 5.41) is 2.68. The third-order valence-corrected chi connectivity index (χ3v) is 2.38. The standard InChI is InChI=1S/C9H12BrN3O2/c10-7-4-6(5-13-9(7)15)8(14)12-3-1-2-11/h4-5H,1-3,11H2,(H,12,14)(H,13,15). The lowest BCUT2D eigenvalue weighted by molar-refractivity contribution is 0.0953. The van der Waals surface area contributed by atoms with Gasteiger partial charge in [-0.2, -0.15) is 0 Å². The molecule has 0 aliphatic carbocycles. The largest absolute Gasteiger partial charge is 0.352 e. The van der Waals surface area contributed by atoms with Crippen molar-refractivity contribution in [2.24, 2.45) is 5.73 Å². The van der Waals surface area contributed by atoms with Gasteiger partial charge in [-0.3, -0.25) is 9.59 Å². The van der Waals surface area contributed by atoms with Crippen molar-refractivity contribution in [3.8, 4) is 0 Å². The molecule has 0 radical (unpaired) electrons. The van der Waals surface area contributed by atoms with Gasteiger partial charge in [0.05, 0.1) is 10.0 Å². The molecule has 1 rings (SSSR count). The van der Waals surface area contributed by atoms with E-state index in [-0.39, 0.29) is 11.5 Å². The first-order valence-corrected chi connectivity index (χ1v) is 5.31. The highest BCUT2D eigenvalue weighted by atomic mass is 79.9. The lowest BCUT2D eigenvalue weighted by Crippen LogP contribution is -2.26. The Morgan fingerprint density at radius 3 is 2.93 bits per heavy atom. The van der Waals surface area contributed by atoms with Gasteiger partial charge in [0.15, 0.2) is 0 Å². The summed E-state index contributed by atoms with van der Waals surface area (Å²) in [7, 11) is 0. The van der Waals surface area contributed by atoms with Crippen LogP contribution in [0.25, 0.3) is 0 Å². The number of carbonyl (C=O) groups excluding carboxylic acids is 1. The third-order valence-electron chi connectivity index (χ3n) is 1.79. The number of hydrogen-bond donors (Lipinski definition) is 3. The number of aromatic nitrogens is 1. The number of nitrogens with one attached hydrogen (secondary N) is 2. The molecule has 15 heavy (non-hydrogen) atoms. The van der Waals surface area contributed by atoms with Crippen molar-refractivity contribution in [2.75, 3.05) is 13.1 Å². The van der Waals surface area contributed by atoms with Crippen molar-refractivity contribution in [1.29, 1.82) is 0 Å². The predicted molar refractivity (Wildman–Crippen MR) is 60.8 cm³/mol. The molecule has 0 spiro atoms. The second-order valence-electron chi connectivity index (χ2n) is 2.96. The van der Waals surface area contributed by atoms with Crippen LogP contribution < -0.4 is 16.6 Å². The van der Waals surface area contributed by atoms with Crippen LogP contribution in [0, 0.1) is 0 Å². The number of rotatable bonds is 4. The molecule has 1 aromatic heterocycles. The summed E-state index contributed by atoms with van der Waals surface area (Å²) in [6.07, 6.45) is 2.11. The van der Waals surface area contributed by atoms with Gasteiger partial charge in [-0.1, -0.05) is 0 Å². The van der Waals surface area contributed by atoms with Crippen LogP contribution in [-0.2, 0) is 0 Å². The van der Waals surface area contributed by atoms with Gasteiger partial charge in [-0.05, 0) is 35.0 Å². The molecule has 1 aromatic rings. The van der Waals surface area contributed by atoms with E-state index in [0.29, 0.717) is 23.1 Å². The Morgan fingerprint density at radius 2 is 2.33 bits per heavy atom. The zero-order chi connectivity index (χ0) is 11.3. The zero-order valence-corrected chi connectivity index (χ0v) is 9.63. The normalized spacial score (nSPS) is 10.0. The first-order valence-electron chi connectivity index (χ1n) is 4.51. The molecule has 6 heteroatoms. The minimum Gasteiger partial charge on any atom is -0.352 e. The number of aromatic amines is 1. The fraction of sp³-hybridized carbons (Fsp3) is 0.333. The van der Waals surface area contributed by atoms with Crippen molar-refractivity contribution in [3.05, 3.63) is 32.7 Å². The molecule has 1 heterocycles. The van der Waals surface area contributed by atoms with Gasteiger partial charge < -0.3 is 16.0 Å². The number of amides is 1. The van der Waals surface area contributed by atoms with Crippen molar-refractivity contribution >= 4 is 21.8 Å². The summed E-state index contributed by atoms with van der Waals surface area (Å²) in [6, 6.07) is 1.48. The average molecular weight is 274 g/mol. The Bertz CT molecular complexity index is 403. The fourth-order valence-corrected chi connectivity index (χ4v) is 1.35. The Morgan fingerprint density at radius 1 is 1.60 bits per heavy atom. The molecule has 4 N–H and O–H groups in total. The minimum absolute atomic E-state index is 0.222. The van der Waals surface area contributed by atoms with Gasteiger partial charge in [0.2, 0.25) is 0 Å². The van der Waals surface area contributed by atoms with Crippen LogP contribution >= 0.6 is 15.9 Å². The molecule has 82 valence electrons. The molecule has 0 atom stereocenters. The van der Waals surface area contributed by atoms with Gasteiger partial charge >= 0.3 is 0 Å². The van der Waals surface area contributed by atoms with Crippen molar-refractivity contribution in [3.63, 3.8) is 0 Å². The molecule has 5 nitrogen and oxygen atoms in total. The van der Waals surface area contributed by atoms with E-state index in [0.717, 1.165) is 6.42 Å². The van der Waals surface area contributed by atoms with E-state index >= 15 is 0 Å². The number of pyridine rings is 1. The first kappa shape index (κ1) is 11.9. The maximum Gasteiger partial charge on any atom is 0.262 e. The summed E-state index contributed by atoms with van der Waals surface area (Å²) in [6.45, 7) is 1.07. The SMILES string of the molecule is NCCCNC(=O)c1c[nH]c(=O)c(Br)c1. The van der Waals surface area contributed by atoms with E-state index in [2.05, 4.69) is 26.2 Å². The molecule has 0 fully saturated rings. The Labute approximate surface area is 95.2 Å². The van der Waals surface area contributed by atoms with E-state index < -0.39 is 0 Å². The maximum absolute atomic E-state index is 11.5. The highest BCUT2D eigenvalue weighted by molar-refractivity contribution is 9.10. The van der Waals surface area contributed by atoms with Gasteiger partial charge in [0.25, 0.3) is 11.5 Å². The number of nitrogens with two attached hydrogens (primary N) is 1. The minimum atomic E-state index is -0.256. The molecular formula is C9H12BrN3O2. The first-order chi connectivity index (χ1) is 7.15. The quantitative estimate of drug-likeness (QED) is 0.686. The van der Waals surface area contributed by atoms with Crippen LogP contribution in [0.3, 0.4) is 0 Å². The highest BCUT2D eigenvalue weighted by Gasteiger charge is 2.06. The van der Waals surface area contributed by atoms with Crippen molar-refractivity contribution in [1.82, 2.24) is 10.3 Å². The smallest absolute Gasteiger partial charge is 0.262 e. The molecule has 0 aliphatic heterocycles. The van der Waals surface area contributed by atoms with Crippen LogP contribution in [0.2, 0.25) is 0 Å². The number of carbonyl (C=O) groups is 1. The zero-order valence-electron chi connectivity index (χ0n) is 8.05. The van der Waals surface area contributed by atoms with Gasteiger partial charge in [0.1, 0.15) is 0 Å². The van der Waals surface area contributed by atoms with E-state index in [1.54, 1.807) is 0 Å². The maximum atomic E-state index is 11.5. The second kappa shape index (κ2) is 5.67. The van der Waals surface area contributed by atoms with E-state index in [1.165, 1.54) is 12.3 Å². The van der Waals surface area contributed by atoms with Crippen LogP contribution in [0.5, 0.6) is 0 Å². The fourth-order valence-electron chi connectivity index (χ4n) is 0.993. The third kappa shape index (κ3) is 3.49. The molecule has 0 saturated heterocycles. The number of halogens is 1. The van der Waals surface area contributed by atoms with Gasteiger partial charge in [-0.25, -0.2) is 0 Å². The molecule has 0 aliphatic rings. The van der Waals surface area contributed by atoms with Crippen LogP contribution in [0.15, 0.2) is 21.5 Å². The predicted octanol–water partition coefficient (Wildman–Crippen LogP) is 0.216. The van der Waals surface area contributed by atoms with Crippen LogP contribution in [0.1, 0.15) is 16.8 Å². The summed E-state index contributed by atoms with van der Waals surface area (Å²) < 4.78 is 0.342. The van der Waals surface area contributed by atoms with Crippen molar-refractivity contribution < 1.29 is 4.79 Å². The topological polar surface area (TPSA) is 88.0 Å². The summed E-state index contributed by atoms with van der Waals surface area (Å²) in [5.41, 5.74) is 5.45. The number of H-pyrrole nitrogens is 1. The molecule has 0 bridgehead atoms. The molecule has 1 amide bonds. The average Bonchev–Trinajstić information content (AvgIpc) is 2.22. The van der Waals surface area contributed by atoms with Gasteiger partial charge in [0, 0.05) is 12.7 Å².